The van der Waals surface area contributed by atoms with Crippen molar-refractivity contribution >= 4 is 5.97 Å². The van der Waals surface area contributed by atoms with E-state index in [2.05, 4.69) is 0 Å². The van der Waals surface area contributed by atoms with Crippen molar-refractivity contribution in [1.82, 2.24) is 0 Å². The molecule has 68 valence electrons. The Kier molecular flexibility index (Phi) is 1.83. The van der Waals surface area contributed by atoms with Gasteiger partial charge < -0.3 is 10.8 Å². The van der Waals surface area contributed by atoms with Crippen LogP contribution >= 0.6 is 0 Å². The maximum Gasteiger partial charge on any atom is 0.306 e. The van der Waals surface area contributed by atoms with Gasteiger partial charge in [-0.1, -0.05) is 0 Å². The summed E-state index contributed by atoms with van der Waals surface area (Å²) < 4.78 is 0. The molecule has 0 spiro atoms. The summed E-state index contributed by atoms with van der Waals surface area (Å²) in [6, 6.07) is 0.292. The summed E-state index contributed by atoms with van der Waals surface area (Å²) in [4.78, 5) is 10.7. The predicted molar refractivity (Wildman–Crippen MR) is 44.5 cm³/mol. The third-order valence-electron chi connectivity index (χ3n) is 3.52. The lowest BCUT2D eigenvalue weighted by Gasteiger charge is -2.30. The van der Waals surface area contributed by atoms with Gasteiger partial charge in [-0.2, -0.15) is 0 Å². The van der Waals surface area contributed by atoms with Crippen LogP contribution in [-0.2, 0) is 4.79 Å². The Hall–Kier alpha value is -0.570. The Morgan fingerprint density at radius 1 is 1.25 bits per heavy atom. The van der Waals surface area contributed by atoms with Crippen LogP contribution in [0.25, 0.3) is 0 Å². The highest BCUT2D eigenvalue weighted by Gasteiger charge is 2.42. The number of hydrogen-bond donors (Lipinski definition) is 2. The van der Waals surface area contributed by atoms with Crippen molar-refractivity contribution in [3.8, 4) is 0 Å². The molecule has 0 radical (unpaired) electrons. The van der Waals surface area contributed by atoms with E-state index >= 15 is 0 Å². The zero-order chi connectivity index (χ0) is 8.72. The molecule has 0 heterocycles. The molecule has 12 heavy (non-hydrogen) atoms. The van der Waals surface area contributed by atoms with E-state index in [0.29, 0.717) is 17.9 Å². The van der Waals surface area contributed by atoms with Crippen molar-refractivity contribution in [3.05, 3.63) is 0 Å². The third-order valence-corrected chi connectivity index (χ3v) is 3.52. The quantitative estimate of drug-likeness (QED) is 0.611. The summed E-state index contributed by atoms with van der Waals surface area (Å²) in [5.41, 5.74) is 5.95. The Labute approximate surface area is 71.9 Å². The van der Waals surface area contributed by atoms with Crippen LogP contribution < -0.4 is 5.73 Å². The van der Waals surface area contributed by atoms with Crippen LogP contribution in [0.1, 0.15) is 25.7 Å². The van der Waals surface area contributed by atoms with Gasteiger partial charge in [-0.15, -0.1) is 0 Å². The van der Waals surface area contributed by atoms with E-state index in [0.717, 1.165) is 25.7 Å². The second-order valence-electron chi connectivity index (χ2n) is 4.18. The van der Waals surface area contributed by atoms with E-state index in [4.69, 9.17) is 10.8 Å². The maximum absolute atomic E-state index is 10.7. The summed E-state index contributed by atoms with van der Waals surface area (Å²) >= 11 is 0. The smallest absolute Gasteiger partial charge is 0.306 e. The van der Waals surface area contributed by atoms with E-state index in [1.165, 1.54) is 0 Å². The summed E-state index contributed by atoms with van der Waals surface area (Å²) in [6.45, 7) is 0. The van der Waals surface area contributed by atoms with Gasteiger partial charge in [0.05, 0.1) is 5.92 Å². The van der Waals surface area contributed by atoms with Crippen molar-refractivity contribution in [2.24, 2.45) is 23.5 Å². The maximum atomic E-state index is 10.7. The van der Waals surface area contributed by atoms with Crippen LogP contribution in [-0.4, -0.2) is 17.1 Å². The first-order chi connectivity index (χ1) is 5.68. The summed E-state index contributed by atoms with van der Waals surface area (Å²) in [7, 11) is 0. The highest BCUT2D eigenvalue weighted by Crippen LogP contribution is 2.43. The van der Waals surface area contributed by atoms with Gasteiger partial charge in [0.25, 0.3) is 0 Å². The molecule has 3 N–H and O–H groups in total. The topological polar surface area (TPSA) is 63.3 Å². The molecule has 0 aromatic heterocycles. The molecule has 3 heteroatoms. The first kappa shape index (κ1) is 8.05. The van der Waals surface area contributed by atoms with Gasteiger partial charge in [0.2, 0.25) is 0 Å². The van der Waals surface area contributed by atoms with Crippen molar-refractivity contribution in [1.29, 1.82) is 0 Å². The Bertz CT molecular complexity index is 191. The molecule has 2 aliphatic rings. The van der Waals surface area contributed by atoms with Gasteiger partial charge in [-0.3, -0.25) is 4.79 Å². The van der Waals surface area contributed by atoms with Crippen LogP contribution in [0.3, 0.4) is 0 Å². The van der Waals surface area contributed by atoms with Gasteiger partial charge in [0.15, 0.2) is 0 Å². The zero-order valence-electron chi connectivity index (χ0n) is 7.07. The number of carboxylic acids is 1. The van der Waals surface area contributed by atoms with Gasteiger partial charge in [0, 0.05) is 6.04 Å². The third kappa shape index (κ3) is 1.12. The molecule has 0 aromatic carbocycles. The highest BCUT2D eigenvalue weighted by molar-refractivity contribution is 5.70. The molecule has 2 unspecified atom stereocenters. The minimum Gasteiger partial charge on any atom is -0.481 e. The number of carbonyl (C=O) groups is 1. The molecule has 0 aliphatic heterocycles. The van der Waals surface area contributed by atoms with E-state index in [9.17, 15) is 4.79 Å². The van der Waals surface area contributed by atoms with Gasteiger partial charge in [0.1, 0.15) is 0 Å². The normalized spacial score (nSPS) is 46.1. The lowest BCUT2D eigenvalue weighted by atomic mass is 9.78. The first-order valence-electron chi connectivity index (χ1n) is 4.67. The van der Waals surface area contributed by atoms with E-state index in [-0.39, 0.29) is 5.92 Å². The SMILES string of the molecule is NC1[C@@H]2CC[C@H]1CC(C(=O)O)C2. The van der Waals surface area contributed by atoms with Crippen LogP contribution in [0.15, 0.2) is 0 Å². The molecule has 2 bridgehead atoms. The van der Waals surface area contributed by atoms with Crippen molar-refractivity contribution in [2.45, 2.75) is 31.7 Å². The average Bonchev–Trinajstić information content (AvgIpc) is 2.30. The molecule has 2 aliphatic carbocycles. The van der Waals surface area contributed by atoms with E-state index < -0.39 is 5.97 Å². The zero-order valence-corrected chi connectivity index (χ0v) is 7.07. The lowest BCUT2D eigenvalue weighted by molar-refractivity contribution is -0.143. The second-order valence-corrected chi connectivity index (χ2v) is 4.18. The van der Waals surface area contributed by atoms with Gasteiger partial charge in [-0.05, 0) is 37.5 Å². The van der Waals surface area contributed by atoms with E-state index in [1.807, 2.05) is 0 Å². The molecule has 0 aromatic rings. The molecule has 4 atom stereocenters. The minimum absolute atomic E-state index is 0.109. The standard InChI is InChI=1S/C9H15NO2/c10-8-5-1-2-6(8)4-7(3-5)9(11)12/h5-8H,1-4,10H2,(H,11,12)/t5-,6+,7?,8?. The fraction of sp³-hybridized carbons (Fsp3) is 0.889. The fourth-order valence-electron chi connectivity index (χ4n) is 2.78. The number of rotatable bonds is 1. The Morgan fingerprint density at radius 2 is 1.75 bits per heavy atom. The largest absolute Gasteiger partial charge is 0.481 e. The van der Waals surface area contributed by atoms with Crippen LogP contribution in [0, 0.1) is 17.8 Å². The molecule has 2 saturated carbocycles. The number of aliphatic carboxylic acids is 1. The van der Waals surface area contributed by atoms with Crippen molar-refractivity contribution < 1.29 is 9.90 Å². The predicted octanol–water partition coefficient (Wildman–Crippen LogP) is 0.834. The molecular weight excluding hydrogens is 154 g/mol. The highest BCUT2D eigenvalue weighted by atomic mass is 16.4. The summed E-state index contributed by atoms with van der Waals surface area (Å²) in [5, 5.41) is 8.85. The Morgan fingerprint density at radius 3 is 2.17 bits per heavy atom. The molecule has 2 rings (SSSR count). The van der Waals surface area contributed by atoms with Crippen molar-refractivity contribution in [2.75, 3.05) is 0 Å². The number of fused-ring (bicyclic) bond motifs is 2. The summed E-state index contributed by atoms with van der Waals surface area (Å²) in [6.07, 6.45) is 3.92. The number of nitrogens with two attached hydrogens (primary N) is 1. The molecule has 3 nitrogen and oxygen atoms in total. The molecular formula is C9H15NO2. The van der Waals surface area contributed by atoms with E-state index in [1.54, 1.807) is 0 Å². The fourth-order valence-corrected chi connectivity index (χ4v) is 2.78. The Balaban J connectivity index is 2.07. The minimum atomic E-state index is -0.626. The molecule has 0 amide bonds. The van der Waals surface area contributed by atoms with Crippen LogP contribution in [0.5, 0.6) is 0 Å². The molecule has 2 fully saturated rings. The number of carboxylic acid groups (broad SMARTS) is 1. The number of hydrogen-bond acceptors (Lipinski definition) is 2. The van der Waals surface area contributed by atoms with Gasteiger partial charge in [-0.25, -0.2) is 0 Å². The van der Waals surface area contributed by atoms with Crippen LogP contribution in [0.2, 0.25) is 0 Å². The molecule has 0 saturated heterocycles. The van der Waals surface area contributed by atoms with Crippen molar-refractivity contribution in [3.63, 3.8) is 0 Å². The first-order valence-corrected chi connectivity index (χ1v) is 4.67. The monoisotopic (exact) mass is 169 g/mol. The van der Waals surface area contributed by atoms with Crippen LogP contribution in [0.4, 0.5) is 0 Å². The summed E-state index contributed by atoms with van der Waals surface area (Å²) in [5.74, 6) is 0.246. The lowest BCUT2D eigenvalue weighted by Crippen LogP contribution is -2.39. The second kappa shape index (κ2) is 2.73. The average molecular weight is 169 g/mol. The van der Waals surface area contributed by atoms with Gasteiger partial charge >= 0.3 is 5.97 Å².